The molecule has 1 N–H and O–H groups in total. The molecular weight excluding hydrogens is 502 g/mol. The summed E-state index contributed by atoms with van der Waals surface area (Å²) in [5, 5.41) is 13.6. The Balaban J connectivity index is 1.55. The summed E-state index contributed by atoms with van der Waals surface area (Å²) in [6, 6.07) is 15.9. The minimum absolute atomic E-state index is 0.0554. The number of nitrogens with one attached hydrogen (secondary N) is 1. The van der Waals surface area contributed by atoms with E-state index < -0.39 is 6.04 Å². The molecule has 0 unspecified atom stereocenters. The summed E-state index contributed by atoms with van der Waals surface area (Å²) in [6.45, 7) is 0.214. The molecule has 0 radical (unpaired) electrons. The van der Waals surface area contributed by atoms with E-state index in [1.54, 1.807) is 53.3 Å². The van der Waals surface area contributed by atoms with E-state index >= 15 is 0 Å². The van der Waals surface area contributed by atoms with Gasteiger partial charge in [0.05, 0.1) is 26.3 Å². The third-order valence-corrected chi connectivity index (χ3v) is 7.74. The van der Waals surface area contributed by atoms with Gasteiger partial charge in [-0.05, 0) is 54.1 Å². The van der Waals surface area contributed by atoms with Crippen LogP contribution in [-0.4, -0.2) is 52.0 Å². The fraction of sp³-hybridized carbons (Fsp3) is 0.357. The summed E-state index contributed by atoms with van der Waals surface area (Å²) in [6.07, 6.45) is 4.03. The van der Waals surface area contributed by atoms with Crippen LogP contribution in [0, 0.1) is 0 Å². The summed E-state index contributed by atoms with van der Waals surface area (Å²) >= 11 is 1.54. The van der Waals surface area contributed by atoms with E-state index in [9.17, 15) is 9.59 Å². The first-order valence-corrected chi connectivity index (χ1v) is 13.6. The summed E-state index contributed by atoms with van der Waals surface area (Å²) in [7, 11) is 3.13. The maximum Gasteiger partial charge on any atom is 0.247 e. The molecule has 9 nitrogen and oxygen atoms in total. The first-order valence-electron chi connectivity index (χ1n) is 12.7. The zero-order valence-electron chi connectivity index (χ0n) is 21.5. The van der Waals surface area contributed by atoms with Gasteiger partial charge < -0.3 is 19.7 Å². The summed E-state index contributed by atoms with van der Waals surface area (Å²) in [5.41, 5.74) is 2.08. The summed E-state index contributed by atoms with van der Waals surface area (Å²) in [5.74, 6) is 0.621. The number of thiophene rings is 1. The molecule has 4 aromatic rings. The number of hydrogen-bond donors (Lipinski definition) is 1. The molecule has 1 aliphatic rings. The molecule has 1 fully saturated rings. The third kappa shape index (κ3) is 5.65. The van der Waals surface area contributed by atoms with Gasteiger partial charge in [-0.2, -0.15) is 0 Å². The number of hydrogen-bond acceptors (Lipinski definition) is 7. The minimum atomic E-state index is -0.899. The van der Waals surface area contributed by atoms with Gasteiger partial charge in [0.15, 0.2) is 0 Å². The van der Waals surface area contributed by atoms with Gasteiger partial charge in [0.25, 0.3) is 0 Å². The van der Waals surface area contributed by atoms with E-state index in [1.807, 2.05) is 41.8 Å². The van der Waals surface area contributed by atoms with Gasteiger partial charge in [-0.1, -0.05) is 36.3 Å². The molecule has 2 amide bonds. The molecule has 2 aromatic heterocycles. The Kier molecular flexibility index (Phi) is 7.88. The van der Waals surface area contributed by atoms with Crippen LogP contribution in [0.4, 0.5) is 0 Å². The van der Waals surface area contributed by atoms with E-state index in [1.165, 1.54) is 0 Å². The number of methoxy groups -OCH3 is 2. The van der Waals surface area contributed by atoms with Crippen LogP contribution in [-0.2, 0) is 22.7 Å². The molecule has 1 saturated carbocycles. The first kappa shape index (κ1) is 25.7. The highest BCUT2D eigenvalue weighted by Gasteiger charge is 2.34. The van der Waals surface area contributed by atoms with Crippen molar-refractivity contribution in [3.63, 3.8) is 0 Å². The van der Waals surface area contributed by atoms with Gasteiger partial charge in [-0.15, -0.1) is 16.4 Å². The number of aromatic nitrogens is 3. The Labute approximate surface area is 225 Å². The Hall–Kier alpha value is -3.92. The zero-order chi connectivity index (χ0) is 26.5. The van der Waals surface area contributed by atoms with Crippen LogP contribution < -0.4 is 14.8 Å². The van der Waals surface area contributed by atoms with Crippen LogP contribution >= 0.6 is 11.3 Å². The molecule has 1 aliphatic carbocycles. The van der Waals surface area contributed by atoms with Crippen LogP contribution in [0.3, 0.4) is 0 Å². The lowest BCUT2D eigenvalue weighted by Gasteiger charge is -2.32. The first-order chi connectivity index (χ1) is 18.6. The number of amides is 2. The monoisotopic (exact) mass is 533 g/mol. The van der Waals surface area contributed by atoms with Crippen molar-refractivity contribution in [2.75, 3.05) is 14.2 Å². The quantitative estimate of drug-likeness (QED) is 0.326. The largest absolute Gasteiger partial charge is 0.497 e. The Morgan fingerprint density at radius 1 is 1.08 bits per heavy atom. The molecule has 2 heterocycles. The summed E-state index contributed by atoms with van der Waals surface area (Å²) in [4.78, 5) is 30.6. The molecular formula is C28H31N5O4S. The predicted molar refractivity (Wildman–Crippen MR) is 145 cm³/mol. The molecule has 198 valence electrons. The molecule has 10 heteroatoms. The second-order valence-electron chi connectivity index (χ2n) is 9.38. The minimum Gasteiger partial charge on any atom is -0.497 e. The fourth-order valence-corrected chi connectivity index (χ4v) is 5.66. The molecule has 0 aliphatic heterocycles. The average Bonchev–Trinajstić information content (AvgIpc) is 3.71. The van der Waals surface area contributed by atoms with E-state index in [4.69, 9.17) is 9.47 Å². The third-order valence-electron chi connectivity index (χ3n) is 6.88. The van der Waals surface area contributed by atoms with E-state index in [-0.39, 0.29) is 30.9 Å². The lowest BCUT2D eigenvalue weighted by molar-refractivity contribution is -0.142. The van der Waals surface area contributed by atoms with Crippen molar-refractivity contribution in [1.82, 2.24) is 25.2 Å². The topological polar surface area (TPSA) is 98.6 Å². The number of para-hydroxylation sites is 1. The highest BCUT2D eigenvalue weighted by Crippen LogP contribution is 2.32. The van der Waals surface area contributed by atoms with Crippen LogP contribution in [0.15, 0.2) is 60.0 Å². The van der Waals surface area contributed by atoms with Crippen molar-refractivity contribution in [3.8, 4) is 11.5 Å². The van der Waals surface area contributed by atoms with Crippen molar-refractivity contribution >= 4 is 34.2 Å². The van der Waals surface area contributed by atoms with Crippen molar-refractivity contribution in [1.29, 1.82) is 0 Å². The van der Waals surface area contributed by atoms with Gasteiger partial charge in [0, 0.05) is 17.0 Å². The standard InChI is InChI=1S/C28H31N5O4S/c1-36-21-14-19(15-22(16-21)37-2)27(28(35)29-20-8-3-4-9-20)32(17-23-10-7-13-38-23)26(34)18-33-25-12-6-5-11-24(25)30-31-33/h5-7,10-16,20,27H,3-4,8-9,17-18H2,1-2H3,(H,29,35)/t27-/m1/s1. The van der Waals surface area contributed by atoms with Gasteiger partial charge in [-0.3, -0.25) is 9.59 Å². The van der Waals surface area contributed by atoms with E-state index in [0.717, 1.165) is 36.1 Å². The summed E-state index contributed by atoms with van der Waals surface area (Å²) < 4.78 is 12.6. The Bertz CT molecular complexity index is 1380. The van der Waals surface area contributed by atoms with Crippen LogP contribution in [0.2, 0.25) is 0 Å². The maximum absolute atomic E-state index is 14.0. The Morgan fingerprint density at radius 2 is 1.82 bits per heavy atom. The lowest BCUT2D eigenvalue weighted by Crippen LogP contribution is -2.46. The van der Waals surface area contributed by atoms with Crippen molar-refractivity contribution in [3.05, 3.63) is 70.4 Å². The fourth-order valence-electron chi connectivity index (χ4n) is 4.96. The average molecular weight is 534 g/mol. The lowest BCUT2D eigenvalue weighted by atomic mass is 10.0. The van der Waals surface area contributed by atoms with E-state index in [2.05, 4.69) is 15.6 Å². The number of carbonyl (C=O) groups is 2. The number of benzene rings is 2. The Morgan fingerprint density at radius 3 is 2.50 bits per heavy atom. The maximum atomic E-state index is 14.0. The van der Waals surface area contributed by atoms with Gasteiger partial charge >= 0.3 is 0 Å². The van der Waals surface area contributed by atoms with Gasteiger partial charge in [0.2, 0.25) is 11.8 Å². The molecule has 5 rings (SSSR count). The molecule has 0 bridgehead atoms. The van der Waals surface area contributed by atoms with Crippen LogP contribution in [0.1, 0.15) is 42.2 Å². The normalized spacial score (nSPS) is 14.4. The number of rotatable bonds is 10. The molecule has 0 spiro atoms. The second kappa shape index (κ2) is 11.6. The highest BCUT2D eigenvalue weighted by molar-refractivity contribution is 7.09. The van der Waals surface area contributed by atoms with Gasteiger partial charge in [0.1, 0.15) is 29.6 Å². The van der Waals surface area contributed by atoms with Crippen LogP contribution in [0.25, 0.3) is 11.0 Å². The molecule has 1 atom stereocenters. The van der Waals surface area contributed by atoms with Crippen molar-refractivity contribution in [2.24, 2.45) is 0 Å². The number of nitrogens with zero attached hydrogens (tertiary/aromatic N) is 4. The highest BCUT2D eigenvalue weighted by atomic mass is 32.1. The number of fused-ring (bicyclic) bond motifs is 1. The zero-order valence-corrected chi connectivity index (χ0v) is 22.3. The smallest absolute Gasteiger partial charge is 0.247 e. The predicted octanol–water partition coefficient (Wildman–Crippen LogP) is 4.34. The van der Waals surface area contributed by atoms with E-state index in [0.29, 0.717) is 22.6 Å². The molecule has 2 aromatic carbocycles. The number of carbonyl (C=O) groups excluding carboxylic acids is 2. The van der Waals surface area contributed by atoms with Crippen molar-refractivity contribution < 1.29 is 19.1 Å². The van der Waals surface area contributed by atoms with Gasteiger partial charge in [-0.25, -0.2) is 4.68 Å². The number of ether oxygens (including phenoxy) is 2. The molecule has 38 heavy (non-hydrogen) atoms. The SMILES string of the molecule is COc1cc(OC)cc([C@H](C(=O)NC2CCCC2)N(Cc2cccs2)C(=O)Cn2nnc3ccccc32)c1. The second-order valence-corrected chi connectivity index (χ2v) is 10.4. The van der Waals surface area contributed by atoms with Crippen molar-refractivity contribution in [2.45, 2.75) is 50.9 Å². The molecule has 0 saturated heterocycles. The van der Waals surface area contributed by atoms with Crippen LogP contribution in [0.5, 0.6) is 11.5 Å².